The van der Waals surface area contributed by atoms with Gasteiger partial charge in [0.1, 0.15) is 0 Å². The Labute approximate surface area is 78.6 Å². The van der Waals surface area contributed by atoms with Gasteiger partial charge >= 0.3 is 7.60 Å². The molecule has 0 saturated carbocycles. The van der Waals surface area contributed by atoms with Gasteiger partial charge in [0, 0.05) is 0 Å². The van der Waals surface area contributed by atoms with Crippen LogP contribution in [0.2, 0.25) is 0 Å². The lowest BCUT2D eigenvalue weighted by Gasteiger charge is -2.18. The molecule has 0 atom stereocenters. The average Bonchev–Trinajstić information content (AvgIpc) is 2.57. The predicted molar refractivity (Wildman–Crippen MR) is 52.5 cm³/mol. The zero-order valence-corrected chi connectivity index (χ0v) is 8.79. The van der Waals surface area contributed by atoms with Crippen LogP contribution < -0.4 is 5.30 Å². The van der Waals surface area contributed by atoms with E-state index in [1.165, 1.54) is 0 Å². The third kappa shape index (κ3) is 2.47. The van der Waals surface area contributed by atoms with Crippen LogP contribution in [-0.4, -0.2) is 13.2 Å². The second-order valence-electron chi connectivity index (χ2n) is 2.48. The lowest BCUT2D eigenvalue weighted by molar-refractivity contribution is 0.230. The van der Waals surface area contributed by atoms with E-state index < -0.39 is 7.60 Å². The summed E-state index contributed by atoms with van der Waals surface area (Å²) in [5.74, 6) is 0. The van der Waals surface area contributed by atoms with Crippen LogP contribution in [0, 0.1) is 0 Å². The molecular formula is C9H14O3P-. The van der Waals surface area contributed by atoms with Gasteiger partial charge in [-0.15, -0.1) is 0 Å². The highest BCUT2D eigenvalue weighted by Gasteiger charge is 2.21. The molecule has 74 valence electrons. The minimum Gasteiger partial charge on any atom is -0.307 e. The summed E-state index contributed by atoms with van der Waals surface area (Å²) < 4.78 is 22.3. The van der Waals surface area contributed by atoms with E-state index in [1.54, 1.807) is 26.0 Å². The highest BCUT2D eigenvalue weighted by atomic mass is 31.2. The Hall–Kier alpha value is -0.500. The molecule has 0 N–H and O–H groups in total. The van der Waals surface area contributed by atoms with Gasteiger partial charge in [0.2, 0.25) is 0 Å². The summed E-state index contributed by atoms with van der Waals surface area (Å²) >= 11 is 0. The van der Waals surface area contributed by atoms with Crippen LogP contribution in [0.15, 0.2) is 24.3 Å². The fraction of sp³-hybridized carbons (Fsp3) is 0.444. The molecule has 0 aromatic heterocycles. The van der Waals surface area contributed by atoms with Crippen LogP contribution in [0.1, 0.15) is 13.8 Å². The summed E-state index contributed by atoms with van der Waals surface area (Å²) in [6, 6.07) is 7.15. The van der Waals surface area contributed by atoms with Gasteiger partial charge in [0.25, 0.3) is 0 Å². The van der Waals surface area contributed by atoms with Crippen molar-refractivity contribution in [3.05, 3.63) is 24.3 Å². The van der Waals surface area contributed by atoms with Crippen molar-refractivity contribution in [2.24, 2.45) is 0 Å². The minimum atomic E-state index is -3.02. The normalized spacial score (nSPS) is 11.8. The molecule has 1 aromatic carbocycles. The third-order valence-electron chi connectivity index (χ3n) is 1.56. The minimum absolute atomic E-state index is 0.391. The Kier molecular flexibility index (Phi) is 3.79. The molecule has 1 aromatic rings. The summed E-state index contributed by atoms with van der Waals surface area (Å²) in [5.41, 5.74) is 0. The molecule has 0 aliphatic carbocycles. The van der Waals surface area contributed by atoms with Crippen LogP contribution in [0.25, 0.3) is 0 Å². The van der Waals surface area contributed by atoms with E-state index in [9.17, 15) is 4.57 Å². The van der Waals surface area contributed by atoms with Crippen molar-refractivity contribution in [2.75, 3.05) is 13.2 Å². The topological polar surface area (TPSA) is 35.5 Å². The van der Waals surface area contributed by atoms with Crippen molar-refractivity contribution in [3.8, 4) is 0 Å². The Morgan fingerprint density at radius 2 is 2.00 bits per heavy atom. The molecule has 4 heteroatoms. The monoisotopic (exact) mass is 201 g/mol. The van der Waals surface area contributed by atoms with Crippen molar-refractivity contribution < 1.29 is 13.6 Å². The maximum atomic E-state index is 12.0. The van der Waals surface area contributed by atoms with E-state index in [2.05, 4.69) is 0 Å². The zero-order valence-electron chi connectivity index (χ0n) is 7.90. The molecule has 0 radical (unpaired) electrons. The van der Waals surface area contributed by atoms with E-state index >= 15 is 0 Å². The van der Waals surface area contributed by atoms with E-state index in [4.69, 9.17) is 9.05 Å². The van der Waals surface area contributed by atoms with Gasteiger partial charge < -0.3 is 9.05 Å². The van der Waals surface area contributed by atoms with E-state index in [0.717, 1.165) is 0 Å². The largest absolute Gasteiger partial charge is 0.336 e. The van der Waals surface area contributed by atoms with Gasteiger partial charge in [0.05, 0.1) is 13.2 Å². The fourth-order valence-electron chi connectivity index (χ4n) is 1.07. The van der Waals surface area contributed by atoms with Crippen LogP contribution in [0.3, 0.4) is 0 Å². The highest BCUT2D eigenvalue weighted by molar-refractivity contribution is 7.62. The maximum absolute atomic E-state index is 12.0. The fourth-order valence-corrected chi connectivity index (χ4v) is 2.66. The Bertz CT molecular complexity index is 269. The SMILES string of the molecule is CCOP(=O)(OCC)c1ccc[cH-]1. The molecule has 0 aliphatic rings. The van der Waals surface area contributed by atoms with E-state index in [0.29, 0.717) is 18.5 Å². The molecule has 1 rings (SSSR count). The van der Waals surface area contributed by atoms with Crippen molar-refractivity contribution in [3.63, 3.8) is 0 Å². The third-order valence-corrected chi connectivity index (χ3v) is 3.69. The van der Waals surface area contributed by atoms with Crippen molar-refractivity contribution in [2.45, 2.75) is 13.8 Å². The standard InChI is InChI=1S/C9H14O3P/c1-3-11-13(10,12-4-2)9-7-5-6-8-9/h5-8H,3-4H2,1-2H3/q-1. The zero-order chi connectivity index (χ0) is 9.73. The van der Waals surface area contributed by atoms with Gasteiger partial charge in [0.15, 0.2) is 0 Å². The summed E-state index contributed by atoms with van der Waals surface area (Å²) in [6.45, 7) is 4.38. The van der Waals surface area contributed by atoms with Crippen LogP contribution in [0.4, 0.5) is 0 Å². The molecule has 0 heterocycles. The van der Waals surface area contributed by atoms with Crippen molar-refractivity contribution in [1.82, 2.24) is 0 Å². The lowest BCUT2D eigenvalue weighted by Crippen LogP contribution is -2.07. The first-order valence-corrected chi connectivity index (χ1v) is 5.88. The molecular weight excluding hydrogens is 187 g/mol. The second kappa shape index (κ2) is 4.66. The first-order valence-electron chi connectivity index (χ1n) is 4.34. The molecule has 13 heavy (non-hydrogen) atoms. The van der Waals surface area contributed by atoms with Crippen LogP contribution in [-0.2, 0) is 13.6 Å². The van der Waals surface area contributed by atoms with Crippen LogP contribution in [0.5, 0.6) is 0 Å². The molecule has 0 unspecified atom stereocenters. The summed E-state index contributed by atoms with van der Waals surface area (Å²) in [6.07, 6.45) is 0. The molecule has 0 spiro atoms. The molecule has 0 aliphatic heterocycles. The number of rotatable bonds is 5. The van der Waals surface area contributed by atoms with Gasteiger partial charge in [-0.3, -0.25) is 4.57 Å². The summed E-state index contributed by atoms with van der Waals surface area (Å²) in [7, 11) is -3.02. The molecule has 0 bridgehead atoms. The van der Waals surface area contributed by atoms with E-state index in [1.807, 2.05) is 12.1 Å². The van der Waals surface area contributed by atoms with Gasteiger partial charge in [-0.25, -0.2) is 6.07 Å². The molecule has 0 saturated heterocycles. The molecule has 0 fully saturated rings. The average molecular weight is 201 g/mol. The first-order chi connectivity index (χ1) is 6.23. The first kappa shape index (κ1) is 10.6. The summed E-state index contributed by atoms with van der Waals surface area (Å²) in [4.78, 5) is 0. The van der Waals surface area contributed by atoms with Crippen molar-refractivity contribution >= 4 is 12.9 Å². The van der Waals surface area contributed by atoms with Crippen molar-refractivity contribution in [1.29, 1.82) is 0 Å². The van der Waals surface area contributed by atoms with Gasteiger partial charge in [-0.1, -0.05) is 5.30 Å². The Balaban J connectivity index is 2.85. The Morgan fingerprint density at radius 3 is 2.38 bits per heavy atom. The predicted octanol–water partition coefficient (Wildman–Crippen LogP) is 2.30. The lowest BCUT2D eigenvalue weighted by atomic mass is 10.7. The second-order valence-corrected chi connectivity index (χ2v) is 4.50. The van der Waals surface area contributed by atoms with Crippen LogP contribution >= 0.6 is 7.60 Å². The van der Waals surface area contributed by atoms with E-state index in [-0.39, 0.29) is 0 Å². The number of hydrogen-bond acceptors (Lipinski definition) is 3. The highest BCUT2D eigenvalue weighted by Crippen LogP contribution is 2.46. The molecule has 3 nitrogen and oxygen atoms in total. The smallest absolute Gasteiger partial charge is 0.307 e. The van der Waals surface area contributed by atoms with Gasteiger partial charge in [-0.2, -0.15) is 18.2 Å². The maximum Gasteiger partial charge on any atom is 0.336 e. The Morgan fingerprint density at radius 1 is 1.38 bits per heavy atom. The number of hydrogen-bond donors (Lipinski definition) is 0. The summed E-state index contributed by atoms with van der Waals surface area (Å²) in [5, 5.41) is 0.635. The van der Waals surface area contributed by atoms with Gasteiger partial charge in [-0.05, 0) is 13.8 Å². The quantitative estimate of drug-likeness (QED) is 0.541. The molecule has 0 amide bonds.